The minimum absolute atomic E-state index is 0.143. The van der Waals surface area contributed by atoms with Crippen molar-refractivity contribution < 1.29 is 19.1 Å². The molecule has 3 rings (SSSR count). The molecule has 2 heterocycles. The fourth-order valence-corrected chi connectivity index (χ4v) is 4.25. The molecule has 0 atom stereocenters. The van der Waals surface area contributed by atoms with Crippen molar-refractivity contribution in [1.82, 2.24) is 14.3 Å². The highest BCUT2D eigenvalue weighted by molar-refractivity contribution is 6.35. The Hall–Kier alpha value is -3.06. The number of allylic oxidation sites excluding steroid dienone is 1. The molecule has 0 saturated carbocycles. The quantitative estimate of drug-likeness (QED) is 0.400. The third kappa shape index (κ3) is 3.85. The molecule has 3 aromatic rings. The molecule has 7 nitrogen and oxygen atoms in total. The number of aromatic nitrogens is 3. The number of hydrogen-bond donors (Lipinski definition) is 0. The minimum atomic E-state index is -0.479. The SMILES string of the molecule is C=CCn1nc(C)c(C)c1-c1c(Cl)ccc2c(CCC(=O)OC)c(C(=O)OC)n(C)c12. The van der Waals surface area contributed by atoms with Crippen LogP contribution >= 0.6 is 11.6 Å². The summed E-state index contributed by atoms with van der Waals surface area (Å²) >= 11 is 6.72. The van der Waals surface area contributed by atoms with E-state index in [0.717, 1.165) is 39.0 Å². The van der Waals surface area contributed by atoms with Crippen LogP contribution in [0.4, 0.5) is 0 Å². The second-order valence-corrected chi connectivity index (χ2v) is 7.71. The third-order valence-corrected chi connectivity index (χ3v) is 5.87. The molecule has 0 saturated heterocycles. The summed E-state index contributed by atoms with van der Waals surface area (Å²) < 4.78 is 13.5. The molecule has 0 aliphatic carbocycles. The van der Waals surface area contributed by atoms with E-state index in [0.29, 0.717) is 23.7 Å². The largest absolute Gasteiger partial charge is 0.469 e. The molecule has 0 aliphatic heterocycles. The number of nitrogens with zero attached hydrogens (tertiary/aromatic N) is 3. The Balaban J connectivity index is 2.39. The average Bonchev–Trinajstić information content (AvgIpc) is 3.19. The van der Waals surface area contributed by atoms with Gasteiger partial charge in [-0.1, -0.05) is 23.7 Å². The van der Waals surface area contributed by atoms with Gasteiger partial charge in [-0.2, -0.15) is 5.10 Å². The molecule has 2 aromatic heterocycles. The number of ether oxygens (including phenoxy) is 2. The van der Waals surface area contributed by atoms with Gasteiger partial charge in [0, 0.05) is 24.4 Å². The fourth-order valence-electron chi connectivity index (χ4n) is 4.01. The zero-order valence-electron chi connectivity index (χ0n) is 18.4. The first-order valence-electron chi connectivity index (χ1n) is 9.86. The van der Waals surface area contributed by atoms with Crippen LogP contribution in [0.1, 0.15) is 33.7 Å². The summed E-state index contributed by atoms with van der Waals surface area (Å²) in [5.41, 5.74) is 5.40. The van der Waals surface area contributed by atoms with E-state index in [-0.39, 0.29) is 12.4 Å². The van der Waals surface area contributed by atoms with Gasteiger partial charge >= 0.3 is 11.9 Å². The van der Waals surface area contributed by atoms with Crippen LogP contribution < -0.4 is 0 Å². The van der Waals surface area contributed by atoms with E-state index in [2.05, 4.69) is 11.7 Å². The molecule has 0 spiro atoms. The number of carbonyl (C=O) groups is 2. The van der Waals surface area contributed by atoms with Crippen molar-refractivity contribution in [2.24, 2.45) is 7.05 Å². The summed E-state index contributed by atoms with van der Waals surface area (Å²) in [6.07, 6.45) is 2.25. The monoisotopic (exact) mass is 443 g/mol. The van der Waals surface area contributed by atoms with Crippen molar-refractivity contribution in [3.63, 3.8) is 0 Å². The Bertz CT molecular complexity index is 1190. The minimum Gasteiger partial charge on any atom is -0.469 e. The fraction of sp³-hybridized carbons (Fsp3) is 0.348. The van der Waals surface area contributed by atoms with Crippen LogP contribution in [0.15, 0.2) is 24.8 Å². The second kappa shape index (κ2) is 8.98. The number of carbonyl (C=O) groups excluding carboxylic acids is 2. The number of benzene rings is 1. The summed E-state index contributed by atoms with van der Waals surface area (Å²) in [5.74, 6) is -0.828. The van der Waals surface area contributed by atoms with Crippen molar-refractivity contribution in [2.75, 3.05) is 14.2 Å². The van der Waals surface area contributed by atoms with Gasteiger partial charge in [-0.3, -0.25) is 9.48 Å². The Morgan fingerprint density at radius 3 is 2.55 bits per heavy atom. The number of halogens is 1. The molecule has 0 amide bonds. The van der Waals surface area contributed by atoms with E-state index in [4.69, 9.17) is 21.1 Å². The lowest BCUT2D eigenvalue weighted by molar-refractivity contribution is -0.140. The van der Waals surface area contributed by atoms with Crippen LogP contribution in [0.2, 0.25) is 5.02 Å². The van der Waals surface area contributed by atoms with Gasteiger partial charge < -0.3 is 14.0 Å². The Labute approximate surface area is 186 Å². The molecular weight excluding hydrogens is 418 g/mol. The Morgan fingerprint density at radius 2 is 1.94 bits per heavy atom. The average molecular weight is 444 g/mol. The molecule has 1 aromatic carbocycles. The van der Waals surface area contributed by atoms with Crippen LogP contribution in [0.5, 0.6) is 0 Å². The van der Waals surface area contributed by atoms with Gasteiger partial charge in [0.05, 0.1) is 42.7 Å². The number of fused-ring (bicyclic) bond motifs is 1. The van der Waals surface area contributed by atoms with Crippen LogP contribution in [0, 0.1) is 13.8 Å². The maximum Gasteiger partial charge on any atom is 0.354 e. The second-order valence-electron chi connectivity index (χ2n) is 7.30. The van der Waals surface area contributed by atoms with E-state index < -0.39 is 5.97 Å². The molecule has 31 heavy (non-hydrogen) atoms. The van der Waals surface area contributed by atoms with E-state index in [1.807, 2.05) is 30.7 Å². The van der Waals surface area contributed by atoms with Crippen LogP contribution in [-0.2, 0) is 34.3 Å². The van der Waals surface area contributed by atoms with E-state index in [1.54, 1.807) is 17.7 Å². The summed E-state index contributed by atoms with van der Waals surface area (Å²) in [4.78, 5) is 24.5. The molecule has 164 valence electrons. The molecule has 8 heteroatoms. The van der Waals surface area contributed by atoms with Gasteiger partial charge in [-0.15, -0.1) is 6.58 Å². The lowest BCUT2D eigenvalue weighted by atomic mass is 10.00. The molecule has 0 N–H and O–H groups in total. The first-order chi connectivity index (χ1) is 14.8. The van der Waals surface area contributed by atoms with Crippen LogP contribution in [-0.4, -0.2) is 40.5 Å². The van der Waals surface area contributed by atoms with E-state index in [1.165, 1.54) is 14.2 Å². The summed E-state index contributed by atoms with van der Waals surface area (Å²) in [6, 6.07) is 3.68. The van der Waals surface area contributed by atoms with Gasteiger partial charge in [0.15, 0.2) is 0 Å². The Morgan fingerprint density at radius 1 is 1.23 bits per heavy atom. The molecule has 0 radical (unpaired) electrons. The van der Waals surface area contributed by atoms with Crippen LogP contribution in [0.3, 0.4) is 0 Å². The van der Waals surface area contributed by atoms with E-state index in [9.17, 15) is 9.59 Å². The lowest BCUT2D eigenvalue weighted by Gasteiger charge is -2.12. The highest BCUT2D eigenvalue weighted by atomic mass is 35.5. The summed E-state index contributed by atoms with van der Waals surface area (Å²) in [5, 5.41) is 6.00. The zero-order valence-corrected chi connectivity index (χ0v) is 19.2. The Kier molecular flexibility index (Phi) is 6.55. The smallest absolute Gasteiger partial charge is 0.354 e. The highest BCUT2D eigenvalue weighted by Gasteiger charge is 2.27. The molecule has 0 aliphatic rings. The van der Waals surface area contributed by atoms with E-state index >= 15 is 0 Å². The first-order valence-corrected chi connectivity index (χ1v) is 10.2. The number of esters is 2. The summed E-state index contributed by atoms with van der Waals surface area (Å²) in [6.45, 7) is 8.28. The lowest BCUT2D eigenvalue weighted by Crippen LogP contribution is -2.11. The van der Waals surface area contributed by atoms with Crippen LogP contribution in [0.25, 0.3) is 22.2 Å². The van der Waals surface area contributed by atoms with Gasteiger partial charge in [-0.25, -0.2) is 4.79 Å². The first kappa shape index (κ1) is 22.6. The third-order valence-electron chi connectivity index (χ3n) is 5.56. The van der Waals surface area contributed by atoms with Crippen molar-refractivity contribution in [3.8, 4) is 11.3 Å². The van der Waals surface area contributed by atoms with Gasteiger partial charge in [0.1, 0.15) is 5.69 Å². The number of rotatable bonds is 7. The normalized spacial score (nSPS) is 11.0. The van der Waals surface area contributed by atoms with Gasteiger partial charge in [0.25, 0.3) is 0 Å². The van der Waals surface area contributed by atoms with Crippen molar-refractivity contribution in [1.29, 1.82) is 0 Å². The maximum absolute atomic E-state index is 12.7. The van der Waals surface area contributed by atoms with Crippen molar-refractivity contribution >= 4 is 34.4 Å². The topological polar surface area (TPSA) is 75.3 Å². The van der Waals surface area contributed by atoms with Crippen molar-refractivity contribution in [2.45, 2.75) is 33.2 Å². The van der Waals surface area contributed by atoms with Crippen molar-refractivity contribution in [3.05, 3.63) is 52.3 Å². The molecule has 0 unspecified atom stereocenters. The number of aryl methyl sites for hydroxylation is 3. The van der Waals surface area contributed by atoms with Gasteiger partial charge in [0.2, 0.25) is 0 Å². The maximum atomic E-state index is 12.7. The molecule has 0 fully saturated rings. The predicted octanol–water partition coefficient (Wildman–Crippen LogP) is 4.39. The summed E-state index contributed by atoms with van der Waals surface area (Å²) in [7, 11) is 4.48. The zero-order chi connectivity index (χ0) is 22.9. The predicted molar refractivity (Wildman–Crippen MR) is 120 cm³/mol. The highest BCUT2D eigenvalue weighted by Crippen LogP contribution is 2.41. The number of hydrogen-bond acceptors (Lipinski definition) is 5. The molecular formula is C23H26ClN3O4. The molecule has 0 bridgehead atoms. The van der Waals surface area contributed by atoms with Gasteiger partial charge in [-0.05, 0) is 37.5 Å². The standard InChI is InChI=1S/C23H26ClN3O4/c1-7-12-27-20(13(2)14(3)25-27)19-17(24)10-8-15-16(9-11-18(28)30-5)22(23(29)31-6)26(4)21(15)19/h7-8,10H,1,9,11-12H2,2-6H3. The number of methoxy groups -OCH3 is 2.